The first kappa shape index (κ1) is 14.1. The first-order chi connectivity index (χ1) is 9.72. The van der Waals surface area contributed by atoms with Gasteiger partial charge >= 0.3 is 0 Å². The minimum atomic E-state index is 0.631. The molecule has 0 saturated heterocycles. The van der Waals surface area contributed by atoms with Crippen LogP contribution >= 0.6 is 0 Å². The molecule has 0 aliphatic rings. The highest BCUT2D eigenvalue weighted by Gasteiger charge is 2.04. The number of benzene rings is 1. The summed E-state index contributed by atoms with van der Waals surface area (Å²) in [6, 6.07) is 7.82. The van der Waals surface area contributed by atoms with E-state index in [9.17, 15) is 0 Å². The van der Waals surface area contributed by atoms with E-state index in [0.29, 0.717) is 12.6 Å². The quantitative estimate of drug-likeness (QED) is 0.844. The molecule has 5 heteroatoms. The highest BCUT2D eigenvalue weighted by molar-refractivity contribution is 5.60. The Labute approximate surface area is 119 Å². The largest absolute Gasteiger partial charge is 0.494 e. The predicted octanol–water partition coefficient (Wildman–Crippen LogP) is 3.36. The van der Waals surface area contributed by atoms with Gasteiger partial charge in [0.15, 0.2) is 0 Å². The Morgan fingerprint density at radius 2 is 1.90 bits per heavy atom. The van der Waals surface area contributed by atoms with Gasteiger partial charge in [0.25, 0.3) is 0 Å². The lowest BCUT2D eigenvalue weighted by Gasteiger charge is -2.11. The maximum atomic E-state index is 5.42. The summed E-state index contributed by atoms with van der Waals surface area (Å²) >= 11 is 0. The normalized spacial score (nSPS) is 10.2. The number of rotatable bonds is 6. The first-order valence-electron chi connectivity index (χ1n) is 6.80. The molecule has 0 fully saturated rings. The Kier molecular flexibility index (Phi) is 4.76. The van der Waals surface area contributed by atoms with E-state index in [2.05, 4.69) is 20.6 Å². The molecular weight excluding hydrogens is 252 g/mol. The molecule has 1 heterocycles. The van der Waals surface area contributed by atoms with Crippen molar-refractivity contribution in [2.45, 2.75) is 20.8 Å². The lowest BCUT2D eigenvalue weighted by atomic mass is 10.3. The number of nitrogens with zero attached hydrogens (tertiary/aromatic N) is 2. The molecule has 0 atom stereocenters. The third-order valence-corrected chi connectivity index (χ3v) is 2.73. The van der Waals surface area contributed by atoms with Gasteiger partial charge in [-0.25, -0.2) is 4.98 Å². The average Bonchev–Trinajstić information content (AvgIpc) is 2.45. The Morgan fingerprint density at radius 3 is 2.55 bits per heavy atom. The first-order valence-corrected chi connectivity index (χ1v) is 6.80. The third kappa shape index (κ3) is 3.60. The summed E-state index contributed by atoms with van der Waals surface area (Å²) in [6.07, 6.45) is 1.81. The second kappa shape index (κ2) is 6.75. The van der Waals surface area contributed by atoms with Crippen molar-refractivity contribution in [3.05, 3.63) is 36.0 Å². The molecule has 0 spiro atoms. The summed E-state index contributed by atoms with van der Waals surface area (Å²) in [5.74, 6) is 2.30. The van der Waals surface area contributed by atoms with Crippen LogP contribution in [0.4, 0.5) is 17.5 Å². The van der Waals surface area contributed by atoms with Crippen molar-refractivity contribution in [3.8, 4) is 5.75 Å². The number of aromatic nitrogens is 2. The monoisotopic (exact) mass is 272 g/mol. The third-order valence-electron chi connectivity index (χ3n) is 2.73. The fourth-order valence-corrected chi connectivity index (χ4v) is 1.75. The SMILES string of the molecule is CCNc1ncc(C)c(Nc2ccc(OCC)cc2)n1. The molecule has 5 nitrogen and oxygen atoms in total. The fraction of sp³-hybridized carbons (Fsp3) is 0.333. The molecule has 0 aliphatic heterocycles. The van der Waals surface area contributed by atoms with Crippen LogP contribution in [0.25, 0.3) is 0 Å². The van der Waals surface area contributed by atoms with E-state index < -0.39 is 0 Å². The van der Waals surface area contributed by atoms with Crippen LogP contribution in [-0.4, -0.2) is 23.1 Å². The Bertz CT molecular complexity index is 554. The molecule has 2 N–H and O–H groups in total. The molecule has 0 aliphatic carbocycles. The van der Waals surface area contributed by atoms with E-state index in [1.807, 2.05) is 51.2 Å². The average molecular weight is 272 g/mol. The number of nitrogens with one attached hydrogen (secondary N) is 2. The molecule has 2 rings (SSSR count). The minimum Gasteiger partial charge on any atom is -0.494 e. The summed E-state index contributed by atoms with van der Waals surface area (Å²) in [5, 5.41) is 6.40. The number of hydrogen-bond acceptors (Lipinski definition) is 5. The standard InChI is InChI=1S/C15H20N4O/c1-4-16-15-17-10-11(3)14(19-15)18-12-6-8-13(9-7-12)20-5-2/h6-10H,4-5H2,1-3H3,(H2,16,17,18,19). The topological polar surface area (TPSA) is 59.1 Å². The Morgan fingerprint density at radius 1 is 1.15 bits per heavy atom. The van der Waals surface area contributed by atoms with Crippen LogP contribution in [0.15, 0.2) is 30.5 Å². The van der Waals surface area contributed by atoms with E-state index in [-0.39, 0.29) is 0 Å². The van der Waals surface area contributed by atoms with Crippen LogP contribution in [0.5, 0.6) is 5.75 Å². The lowest BCUT2D eigenvalue weighted by molar-refractivity contribution is 0.340. The van der Waals surface area contributed by atoms with E-state index in [4.69, 9.17) is 4.74 Å². The maximum Gasteiger partial charge on any atom is 0.224 e. The van der Waals surface area contributed by atoms with Gasteiger partial charge in [0, 0.05) is 24.0 Å². The van der Waals surface area contributed by atoms with E-state index in [1.165, 1.54) is 0 Å². The van der Waals surface area contributed by atoms with Crippen molar-refractivity contribution >= 4 is 17.5 Å². The summed E-state index contributed by atoms with van der Waals surface area (Å²) in [7, 11) is 0. The molecule has 2 aromatic rings. The van der Waals surface area contributed by atoms with Gasteiger partial charge in [-0.2, -0.15) is 4.98 Å². The zero-order chi connectivity index (χ0) is 14.4. The lowest BCUT2D eigenvalue weighted by Crippen LogP contribution is -2.05. The highest BCUT2D eigenvalue weighted by atomic mass is 16.5. The molecule has 0 bridgehead atoms. The number of anilines is 3. The van der Waals surface area contributed by atoms with Gasteiger partial charge in [-0.1, -0.05) is 0 Å². The van der Waals surface area contributed by atoms with Gasteiger partial charge in [0.2, 0.25) is 5.95 Å². The molecule has 0 saturated carbocycles. The maximum absolute atomic E-state index is 5.42. The van der Waals surface area contributed by atoms with Gasteiger partial charge in [0.1, 0.15) is 11.6 Å². The van der Waals surface area contributed by atoms with Crippen molar-refractivity contribution in [2.24, 2.45) is 0 Å². The second-order valence-electron chi connectivity index (χ2n) is 4.34. The Hall–Kier alpha value is -2.30. The summed E-state index contributed by atoms with van der Waals surface area (Å²) in [5.41, 5.74) is 1.97. The number of ether oxygens (including phenoxy) is 1. The van der Waals surface area contributed by atoms with Crippen molar-refractivity contribution in [1.82, 2.24) is 9.97 Å². The van der Waals surface area contributed by atoms with Crippen LogP contribution in [0, 0.1) is 6.92 Å². The molecule has 106 valence electrons. The van der Waals surface area contributed by atoms with Crippen LogP contribution in [0.1, 0.15) is 19.4 Å². The van der Waals surface area contributed by atoms with Crippen molar-refractivity contribution in [3.63, 3.8) is 0 Å². The van der Waals surface area contributed by atoms with Crippen LogP contribution < -0.4 is 15.4 Å². The Balaban J connectivity index is 2.14. The van der Waals surface area contributed by atoms with Crippen LogP contribution in [0.2, 0.25) is 0 Å². The van der Waals surface area contributed by atoms with Gasteiger partial charge in [-0.3, -0.25) is 0 Å². The number of aryl methyl sites for hydroxylation is 1. The van der Waals surface area contributed by atoms with E-state index in [1.54, 1.807) is 0 Å². The zero-order valence-electron chi connectivity index (χ0n) is 12.1. The van der Waals surface area contributed by atoms with Crippen molar-refractivity contribution in [1.29, 1.82) is 0 Å². The van der Waals surface area contributed by atoms with E-state index in [0.717, 1.165) is 29.4 Å². The fourth-order valence-electron chi connectivity index (χ4n) is 1.75. The van der Waals surface area contributed by atoms with Crippen molar-refractivity contribution in [2.75, 3.05) is 23.8 Å². The van der Waals surface area contributed by atoms with Crippen LogP contribution in [-0.2, 0) is 0 Å². The van der Waals surface area contributed by atoms with E-state index >= 15 is 0 Å². The molecule has 0 amide bonds. The highest BCUT2D eigenvalue weighted by Crippen LogP contribution is 2.21. The van der Waals surface area contributed by atoms with Gasteiger partial charge in [0.05, 0.1) is 6.61 Å². The molecule has 0 unspecified atom stereocenters. The summed E-state index contributed by atoms with van der Waals surface area (Å²) in [6.45, 7) is 7.43. The number of hydrogen-bond donors (Lipinski definition) is 2. The summed E-state index contributed by atoms with van der Waals surface area (Å²) < 4.78 is 5.42. The molecule has 20 heavy (non-hydrogen) atoms. The van der Waals surface area contributed by atoms with Crippen LogP contribution in [0.3, 0.4) is 0 Å². The van der Waals surface area contributed by atoms with Gasteiger partial charge < -0.3 is 15.4 Å². The second-order valence-corrected chi connectivity index (χ2v) is 4.34. The zero-order valence-corrected chi connectivity index (χ0v) is 12.1. The molecule has 0 radical (unpaired) electrons. The molecule has 1 aromatic carbocycles. The van der Waals surface area contributed by atoms with Crippen molar-refractivity contribution < 1.29 is 4.74 Å². The van der Waals surface area contributed by atoms with Gasteiger partial charge in [-0.15, -0.1) is 0 Å². The molecule has 1 aromatic heterocycles. The molecular formula is C15H20N4O. The smallest absolute Gasteiger partial charge is 0.224 e. The predicted molar refractivity (Wildman–Crippen MR) is 81.8 cm³/mol. The van der Waals surface area contributed by atoms with Gasteiger partial charge in [-0.05, 0) is 45.0 Å². The minimum absolute atomic E-state index is 0.631. The summed E-state index contributed by atoms with van der Waals surface area (Å²) in [4.78, 5) is 8.68.